The fraction of sp³-hybridized carbons (Fsp3) is 0.571. The standard InChI is InChI=1S/C21H33N3O3/c1-5-24(6-2)14-10-11-17(3)22-15-19-20(18-12-8-7-9-13-18)27-23-21(19)26-16-25-4/h7-9,12-13,17,22H,5-6,10-11,14-16H2,1-4H3. The molecule has 2 aromatic rings. The Morgan fingerprint density at radius 2 is 1.93 bits per heavy atom. The van der Waals surface area contributed by atoms with E-state index >= 15 is 0 Å². The molecule has 1 heterocycles. The summed E-state index contributed by atoms with van der Waals surface area (Å²) in [6, 6.07) is 10.4. The van der Waals surface area contributed by atoms with Gasteiger partial charge in [0.15, 0.2) is 12.6 Å². The highest BCUT2D eigenvalue weighted by atomic mass is 16.7. The Morgan fingerprint density at radius 3 is 2.59 bits per heavy atom. The highest BCUT2D eigenvalue weighted by Gasteiger charge is 2.19. The van der Waals surface area contributed by atoms with Gasteiger partial charge in [-0.3, -0.25) is 0 Å². The Hall–Kier alpha value is -1.89. The molecule has 0 aliphatic carbocycles. The van der Waals surface area contributed by atoms with Crippen LogP contribution in [-0.2, 0) is 11.3 Å². The van der Waals surface area contributed by atoms with Gasteiger partial charge in [-0.15, -0.1) is 0 Å². The number of methoxy groups -OCH3 is 1. The normalized spacial score (nSPS) is 12.5. The molecule has 27 heavy (non-hydrogen) atoms. The van der Waals surface area contributed by atoms with E-state index in [-0.39, 0.29) is 6.79 Å². The average molecular weight is 376 g/mol. The van der Waals surface area contributed by atoms with E-state index in [0.29, 0.717) is 18.5 Å². The highest BCUT2D eigenvalue weighted by molar-refractivity contribution is 5.63. The first-order valence-corrected chi connectivity index (χ1v) is 9.80. The summed E-state index contributed by atoms with van der Waals surface area (Å²) in [7, 11) is 1.59. The molecule has 150 valence electrons. The minimum atomic E-state index is 0.146. The van der Waals surface area contributed by atoms with Gasteiger partial charge in [0.2, 0.25) is 0 Å². The Labute approximate surface area is 162 Å². The molecular formula is C21H33N3O3. The van der Waals surface area contributed by atoms with Crippen molar-refractivity contribution >= 4 is 0 Å². The number of ether oxygens (including phenoxy) is 2. The zero-order valence-corrected chi connectivity index (χ0v) is 17.0. The summed E-state index contributed by atoms with van der Waals surface area (Å²) in [5, 5.41) is 7.67. The molecule has 0 amide bonds. The first-order valence-electron chi connectivity index (χ1n) is 9.80. The lowest BCUT2D eigenvalue weighted by atomic mass is 10.1. The lowest BCUT2D eigenvalue weighted by Crippen LogP contribution is -2.29. The molecule has 0 saturated heterocycles. The van der Waals surface area contributed by atoms with Gasteiger partial charge in [-0.1, -0.05) is 44.2 Å². The lowest BCUT2D eigenvalue weighted by Gasteiger charge is -2.19. The predicted octanol–water partition coefficient (Wildman–Crippen LogP) is 3.92. The Balaban J connectivity index is 1.98. The van der Waals surface area contributed by atoms with Crippen molar-refractivity contribution in [3.63, 3.8) is 0 Å². The molecule has 1 unspecified atom stereocenters. The van der Waals surface area contributed by atoms with Gasteiger partial charge in [0.05, 0.1) is 5.56 Å². The number of aromatic nitrogens is 1. The highest BCUT2D eigenvalue weighted by Crippen LogP contribution is 2.30. The van der Waals surface area contributed by atoms with Crippen molar-refractivity contribution < 1.29 is 14.0 Å². The largest absolute Gasteiger partial charge is 0.448 e. The lowest BCUT2D eigenvalue weighted by molar-refractivity contribution is 0.0446. The Bertz CT molecular complexity index is 641. The molecule has 1 N–H and O–H groups in total. The fourth-order valence-corrected chi connectivity index (χ4v) is 3.03. The van der Waals surface area contributed by atoms with Crippen molar-refractivity contribution in [2.75, 3.05) is 33.5 Å². The van der Waals surface area contributed by atoms with Crippen LogP contribution < -0.4 is 10.1 Å². The zero-order valence-electron chi connectivity index (χ0n) is 17.0. The van der Waals surface area contributed by atoms with E-state index in [1.165, 1.54) is 6.42 Å². The molecule has 0 spiro atoms. The van der Waals surface area contributed by atoms with Crippen LogP contribution in [0.4, 0.5) is 0 Å². The maximum atomic E-state index is 5.59. The average Bonchev–Trinajstić information content (AvgIpc) is 3.11. The summed E-state index contributed by atoms with van der Waals surface area (Å²) in [6.07, 6.45) is 2.30. The van der Waals surface area contributed by atoms with Crippen LogP contribution in [0, 0.1) is 0 Å². The second-order valence-electron chi connectivity index (χ2n) is 6.66. The molecule has 2 rings (SSSR count). The smallest absolute Gasteiger partial charge is 0.261 e. The first kappa shape index (κ1) is 21.4. The maximum absolute atomic E-state index is 5.59. The van der Waals surface area contributed by atoms with Crippen molar-refractivity contribution in [1.29, 1.82) is 0 Å². The molecule has 6 heteroatoms. The molecule has 1 atom stereocenters. The van der Waals surface area contributed by atoms with Crippen molar-refractivity contribution in [2.24, 2.45) is 0 Å². The van der Waals surface area contributed by atoms with Crippen molar-refractivity contribution in [1.82, 2.24) is 15.4 Å². The summed E-state index contributed by atoms with van der Waals surface area (Å²) in [5.41, 5.74) is 1.91. The summed E-state index contributed by atoms with van der Waals surface area (Å²) in [5.74, 6) is 1.23. The molecule has 0 aliphatic rings. The fourth-order valence-electron chi connectivity index (χ4n) is 3.03. The number of hydrogen-bond acceptors (Lipinski definition) is 6. The van der Waals surface area contributed by atoms with E-state index < -0.39 is 0 Å². The molecule has 0 aliphatic heterocycles. The molecule has 0 fully saturated rings. The van der Waals surface area contributed by atoms with Crippen molar-refractivity contribution in [2.45, 2.75) is 46.2 Å². The molecule has 0 saturated carbocycles. The number of nitrogens with one attached hydrogen (secondary N) is 1. The Kier molecular flexibility index (Phi) is 9.31. The van der Waals surface area contributed by atoms with Crippen molar-refractivity contribution in [3.8, 4) is 17.2 Å². The number of nitrogens with zero attached hydrogens (tertiary/aromatic N) is 2. The number of rotatable bonds is 13. The minimum Gasteiger partial charge on any atom is -0.448 e. The second kappa shape index (κ2) is 11.7. The van der Waals surface area contributed by atoms with Gasteiger partial charge in [0.1, 0.15) is 0 Å². The molecular weight excluding hydrogens is 342 g/mol. The van der Waals surface area contributed by atoms with Crippen LogP contribution in [0.15, 0.2) is 34.9 Å². The van der Waals surface area contributed by atoms with Gasteiger partial charge in [-0.05, 0) is 44.6 Å². The minimum absolute atomic E-state index is 0.146. The Morgan fingerprint density at radius 1 is 1.19 bits per heavy atom. The van der Waals surface area contributed by atoms with Crippen LogP contribution >= 0.6 is 0 Å². The summed E-state index contributed by atoms with van der Waals surface area (Å²) >= 11 is 0. The third-order valence-corrected chi connectivity index (χ3v) is 4.73. The third-order valence-electron chi connectivity index (χ3n) is 4.73. The van der Waals surface area contributed by atoms with E-state index in [1.807, 2.05) is 30.3 Å². The van der Waals surface area contributed by atoms with Gasteiger partial charge in [0, 0.05) is 25.3 Å². The predicted molar refractivity (Wildman–Crippen MR) is 108 cm³/mol. The number of hydrogen-bond donors (Lipinski definition) is 1. The van der Waals surface area contributed by atoms with Gasteiger partial charge in [0.25, 0.3) is 5.88 Å². The van der Waals surface area contributed by atoms with Crippen LogP contribution in [0.1, 0.15) is 39.2 Å². The van der Waals surface area contributed by atoms with Crippen LogP contribution in [0.2, 0.25) is 0 Å². The summed E-state index contributed by atoms with van der Waals surface area (Å²) < 4.78 is 16.2. The molecule has 6 nitrogen and oxygen atoms in total. The third kappa shape index (κ3) is 6.65. The first-order chi connectivity index (χ1) is 13.2. The quantitative estimate of drug-likeness (QED) is 0.536. The van der Waals surface area contributed by atoms with Crippen LogP contribution in [0.5, 0.6) is 5.88 Å². The second-order valence-corrected chi connectivity index (χ2v) is 6.66. The van der Waals surface area contributed by atoms with E-state index in [9.17, 15) is 0 Å². The maximum Gasteiger partial charge on any atom is 0.261 e. The zero-order chi connectivity index (χ0) is 19.5. The topological polar surface area (TPSA) is 59.8 Å². The molecule has 0 bridgehead atoms. The van der Waals surface area contributed by atoms with Gasteiger partial charge < -0.3 is 24.2 Å². The van der Waals surface area contributed by atoms with Gasteiger partial charge in [-0.25, -0.2) is 0 Å². The SMILES string of the molecule is CCN(CC)CCCC(C)NCc1c(OCOC)noc1-c1ccccc1. The van der Waals surface area contributed by atoms with Gasteiger partial charge in [-0.2, -0.15) is 0 Å². The van der Waals surface area contributed by atoms with Crippen LogP contribution in [0.3, 0.4) is 0 Å². The molecule has 0 radical (unpaired) electrons. The van der Waals surface area contributed by atoms with E-state index in [0.717, 1.165) is 42.9 Å². The number of benzene rings is 1. The van der Waals surface area contributed by atoms with Crippen LogP contribution in [0.25, 0.3) is 11.3 Å². The van der Waals surface area contributed by atoms with E-state index in [2.05, 4.69) is 36.1 Å². The monoisotopic (exact) mass is 375 g/mol. The van der Waals surface area contributed by atoms with E-state index in [1.54, 1.807) is 7.11 Å². The van der Waals surface area contributed by atoms with Crippen LogP contribution in [-0.4, -0.2) is 49.6 Å². The molecule has 1 aromatic heterocycles. The van der Waals surface area contributed by atoms with Crippen molar-refractivity contribution in [3.05, 3.63) is 35.9 Å². The van der Waals surface area contributed by atoms with Gasteiger partial charge >= 0.3 is 0 Å². The summed E-state index contributed by atoms with van der Waals surface area (Å²) in [4.78, 5) is 2.46. The molecule has 1 aromatic carbocycles. The van der Waals surface area contributed by atoms with E-state index in [4.69, 9.17) is 14.0 Å². The summed E-state index contributed by atoms with van der Waals surface area (Å²) in [6.45, 7) is 10.8.